The molecule has 1 fully saturated rings. The minimum Gasteiger partial charge on any atom is -0.374 e. The Kier molecular flexibility index (Phi) is 4.40. The smallest absolute Gasteiger partial charge is 0.243 e. The Morgan fingerprint density at radius 3 is 2.90 bits per heavy atom. The number of hydrogen-bond donors (Lipinski definition) is 1. The van der Waals surface area contributed by atoms with Gasteiger partial charge in [0.05, 0.1) is 29.2 Å². The van der Waals surface area contributed by atoms with E-state index in [9.17, 15) is 8.42 Å². The van der Waals surface area contributed by atoms with Crippen LogP contribution in [0.15, 0.2) is 23.1 Å². The lowest BCUT2D eigenvalue weighted by molar-refractivity contribution is 0.00450. The monoisotopic (exact) mass is 295 g/mol. The Morgan fingerprint density at radius 1 is 1.55 bits per heavy atom. The average Bonchev–Trinajstić information content (AvgIpc) is 2.47. The van der Waals surface area contributed by atoms with E-state index in [-0.39, 0.29) is 17.5 Å². The molecule has 108 valence electrons. The van der Waals surface area contributed by atoms with Crippen LogP contribution in [0.1, 0.15) is 11.1 Å². The first-order valence-electron chi connectivity index (χ1n) is 6.31. The van der Waals surface area contributed by atoms with E-state index in [0.717, 1.165) is 0 Å². The molecule has 2 rings (SSSR count). The molecule has 0 radical (unpaired) electrons. The van der Waals surface area contributed by atoms with E-state index < -0.39 is 10.0 Å². The van der Waals surface area contributed by atoms with Crippen molar-refractivity contribution in [1.29, 1.82) is 5.26 Å². The summed E-state index contributed by atoms with van der Waals surface area (Å²) in [7, 11) is -3.56. The standard InChI is InChI=1S/C13H17N3O3S/c1-10-6-13(3-2-11(10)7-14)20(17,18)16-4-5-19-12(8-15)9-16/h2-3,6,12H,4-5,8-9,15H2,1H3. The third-order valence-corrected chi connectivity index (χ3v) is 5.18. The summed E-state index contributed by atoms with van der Waals surface area (Å²) in [4.78, 5) is 0.201. The summed E-state index contributed by atoms with van der Waals surface area (Å²) >= 11 is 0. The topological polar surface area (TPSA) is 96.4 Å². The highest BCUT2D eigenvalue weighted by Crippen LogP contribution is 2.21. The molecule has 2 N–H and O–H groups in total. The molecule has 0 amide bonds. The van der Waals surface area contributed by atoms with Gasteiger partial charge in [0.25, 0.3) is 0 Å². The molecule has 20 heavy (non-hydrogen) atoms. The second-order valence-corrected chi connectivity index (χ2v) is 6.62. The largest absolute Gasteiger partial charge is 0.374 e. The first-order valence-corrected chi connectivity index (χ1v) is 7.75. The molecule has 1 aliphatic heterocycles. The number of hydrogen-bond acceptors (Lipinski definition) is 5. The van der Waals surface area contributed by atoms with Gasteiger partial charge in [-0.15, -0.1) is 0 Å². The lowest BCUT2D eigenvalue weighted by Crippen LogP contribution is -2.48. The number of morpholine rings is 1. The number of ether oxygens (including phenoxy) is 1. The van der Waals surface area contributed by atoms with E-state index in [2.05, 4.69) is 0 Å². The fourth-order valence-corrected chi connectivity index (χ4v) is 3.67. The zero-order chi connectivity index (χ0) is 14.8. The Morgan fingerprint density at radius 2 is 2.30 bits per heavy atom. The van der Waals surface area contributed by atoms with Gasteiger partial charge in [-0.3, -0.25) is 0 Å². The van der Waals surface area contributed by atoms with Gasteiger partial charge in [0.2, 0.25) is 10.0 Å². The lowest BCUT2D eigenvalue weighted by Gasteiger charge is -2.31. The Labute approximate surface area is 118 Å². The van der Waals surface area contributed by atoms with Crippen molar-refractivity contribution in [1.82, 2.24) is 4.31 Å². The molecule has 1 atom stereocenters. The van der Waals surface area contributed by atoms with Gasteiger partial charge in [-0.2, -0.15) is 9.57 Å². The first kappa shape index (κ1) is 14.9. The van der Waals surface area contributed by atoms with Crippen molar-refractivity contribution in [2.45, 2.75) is 17.9 Å². The molecule has 0 bridgehead atoms. The number of rotatable bonds is 3. The zero-order valence-electron chi connectivity index (χ0n) is 11.2. The van der Waals surface area contributed by atoms with E-state index in [0.29, 0.717) is 30.8 Å². The zero-order valence-corrected chi connectivity index (χ0v) is 12.1. The van der Waals surface area contributed by atoms with Gasteiger partial charge in [-0.1, -0.05) is 0 Å². The second kappa shape index (κ2) is 5.89. The van der Waals surface area contributed by atoms with Crippen LogP contribution < -0.4 is 5.73 Å². The molecule has 1 aromatic carbocycles. The van der Waals surface area contributed by atoms with Gasteiger partial charge in [0.15, 0.2) is 0 Å². The molecular formula is C13H17N3O3S. The Balaban J connectivity index is 2.31. The number of nitriles is 1. The van der Waals surface area contributed by atoms with Crippen molar-refractivity contribution in [2.75, 3.05) is 26.2 Å². The van der Waals surface area contributed by atoms with Gasteiger partial charge in [-0.25, -0.2) is 8.42 Å². The average molecular weight is 295 g/mol. The predicted molar refractivity (Wildman–Crippen MR) is 73.4 cm³/mol. The van der Waals surface area contributed by atoms with Crippen LogP contribution in [0, 0.1) is 18.3 Å². The van der Waals surface area contributed by atoms with Crippen LogP contribution in [0.5, 0.6) is 0 Å². The summed E-state index contributed by atoms with van der Waals surface area (Å²) in [6, 6.07) is 6.55. The maximum atomic E-state index is 12.5. The molecule has 6 nitrogen and oxygen atoms in total. The number of aryl methyl sites for hydroxylation is 1. The van der Waals surface area contributed by atoms with E-state index in [1.807, 2.05) is 6.07 Å². The maximum absolute atomic E-state index is 12.5. The Bertz CT molecular complexity index is 637. The molecule has 0 aromatic heterocycles. The summed E-state index contributed by atoms with van der Waals surface area (Å²) in [6.45, 7) is 2.93. The van der Waals surface area contributed by atoms with Crippen LogP contribution in [0.2, 0.25) is 0 Å². The van der Waals surface area contributed by atoms with Gasteiger partial charge in [0, 0.05) is 19.6 Å². The summed E-state index contributed by atoms with van der Waals surface area (Å²) < 4.78 is 31.9. The quantitative estimate of drug-likeness (QED) is 0.860. The fourth-order valence-electron chi connectivity index (χ4n) is 2.12. The highest BCUT2D eigenvalue weighted by Gasteiger charge is 2.30. The number of nitrogens with two attached hydrogens (primary N) is 1. The summed E-state index contributed by atoms with van der Waals surface area (Å²) in [5.74, 6) is 0. The Hall–Kier alpha value is -1.46. The van der Waals surface area contributed by atoms with Crippen LogP contribution in [0.25, 0.3) is 0 Å². The van der Waals surface area contributed by atoms with Crippen molar-refractivity contribution in [3.63, 3.8) is 0 Å². The number of benzene rings is 1. The van der Waals surface area contributed by atoms with E-state index in [1.165, 1.54) is 22.5 Å². The number of nitrogens with zero attached hydrogens (tertiary/aromatic N) is 2. The lowest BCUT2D eigenvalue weighted by atomic mass is 10.1. The van der Waals surface area contributed by atoms with Crippen molar-refractivity contribution in [3.05, 3.63) is 29.3 Å². The van der Waals surface area contributed by atoms with Crippen molar-refractivity contribution >= 4 is 10.0 Å². The van der Waals surface area contributed by atoms with Crippen LogP contribution in [-0.4, -0.2) is 45.1 Å². The molecule has 1 aromatic rings. The van der Waals surface area contributed by atoms with Crippen LogP contribution in [0.3, 0.4) is 0 Å². The normalized spacial score (nSPS) is 20.6. The van der Waals surface area contributed by atoms with Gasteiger partial charge >= 0.3 is 0 Å². The highest BCUT2D eigenvalue weighted by molar-refractivity contribution is 7.89. The highest BCUT2D eigenvalue weighted by atomic mass is 32.2. The molecule has 1 heterocycles. The third-order valence-electron chi connectivity index (χ3n) is 3.32. The van der Waals surface area contributed by atoms with E-state index in [4.69, 9.17) is 15.7 Å². The first-order chi connectivity index (χ1) is 9.48. The SMILES string of the molecule is Cc1cc(S(=O)(=O)N2CCOC(CN)C2)ccc1C#N. The second-order valence-electron chi connectivity index (χ2n) is 4.68. The maximum Gasteiger partial charge on any atom is 0.243 e. The fraction of sp³-hybridized carbons (Fsp3) is 0.462. The van der Waals surface area contributed by atoms with Gasteiger partial charge in [-0.05, 0) is 30.7 Å². The van der Waals surface area contributed by atoms with Crippen molar-refractivity contribution in [3.8, 4) is 6.07 Å². The third kappa shape index (κ3) is 2.83. The molecule has 0 spiro atoms. The molecule has 1 aliphatic rings. The van der Waals surface area contributed by atoms with Crippen LogP contribution in [0.4, 0.5) is 0 Å². The minimum absolute atomic E-state index is 0.201. The van der Waals surface area contributed by atoms with E-state index in [1.54, 1.807) is 6.92 Å². The molecular weight excluding hydrogens is 278 g/mol. The molecule has 1 unspecified atom stereocenters. The van der Waals surface area contributed by atoms with Crippen LogP contribution >= 0.6 is 0 Å². The predicted octanol–water partition coefficient (Wildman–Crippen LogP) is 0.215. The van der Waals surface area contributed by atoms with Crippen molar-refractivity contribution < 1.29 is 13.2 Å². The summed E-state index contributed by atoms with van der Waals surface area (Å²) in [5.41, 5.74) is 6.65. The molecule has 1 saturated heterocycles. The van der Waals surface area contributed by atoms with Gasteiger partial charge in [0.1, 0.15) is 0 Å². The molecule has 0 aliphatic carbocycles. The van der Waals surface area contributed by atoms with E-state index >= 15 is 0 Å². The summed E-state index contributed by atoms with van der Waals surface area (Å²) in [5, 5.41) is 8.89. The van der Waals surface area contributed by atoms with Crippen LogP contribution in [-0.2, 0) is 14.8 Å². The minimum atomic E-state index is -3.56. The number of sulfonamides is 1. The summed E-state index contributed by atoms with van der Waals surface area (Å²) in [6.07, 6.45) is -0.266. The molecule has 0 saturated carbocycles. The van der Waals surface area contributed by atoms with Gasteiger partial charge < -0.3 is 10.5 Å². The molecule has 7 heteroatoms. The van der Waals surface area contributed by atoms with Crippen molar-refractivity contribution in [2.24, 2.45) is 5.73 Å².